The summed E-state index contributed by atoms with van der Waals surface area (Å²) in [6.07, 6.45) is 4.00. The van der Waals surface area contributed by atoms with Gasteiger partial charge < -0.3 is 5.32 Å². The summed E-state index contributed by atoms with van der Waals surface area (Å²) in [6.45, 7) is 4.29. The number of nitrogens with zero attached hydrogens (tertiary/aromatic N) is 3. The minimum absolute atomic E-state index is 0.387. The predicted octanol–water partition coefficient (Wildman–Crippen LogP) is 2.98. The maximum atomic E-state index is 5.87. The molecule has 0 radical (unpaired) electrons. The molecule has 0 aliphatic heterocycles. The van der Waals surface area contributed by atoms with Gasteiger partial charge in [0.25, 0.3) is 0 Å². The average Bonchev–Trinajstić information content (AvgIpc) is 2.59. The first-order valence-corrected chi connectivity index (χ1v) is 5.85. The average molecular weight is 239 g/mol. The highest BCUT2D eigenvalue weighted by Crippen LogP contribution is 2.12. The molecule has 0 bridgehead atoms. The lowest BCUT2D eigenvalue weighted by molar-refractivity contribution is 0.683. The lowest BCUT2D eigenvalue weighted by Gasteiger charge is -2.09. The second-order valence-electron chi connectivity index (χ2n) is 3.92. The Morgan fingerprint density at radius 1 is 1.50 bits per heavy atom. The Kier molecular flexibility index (Phi) is 3.29. The molecule has 16 heavy (non-hydrogen) atoms. The number of hydrogen-bond donors (Lipinski definition) is 1. The molecule has 0 aliphatic carbocycles. The van der Waals surface area contributed by atoms with Gasteiger partial charge in [-0.3, -0.25) is 0 Å². The van der Waals surface area contributed by atoms with Crippen LogP contribution in [0.4, 0.5) is 5.95 Å². The van der Waals surface area contributed by atoms with Crippen LogP contribution in [0.5, 0.6) is 0 Å². The van der Waals surface area contributed by atoms with E-state index < -0.39 is 0 Å². The molecule has 1 N–H and O–H groups in total. The van der Waals surface area contributed by atoms with Crippen LogP contribution in [-0.4, -0.2) is 20.6 Å². The number of halogens is 1. The molecule has 2 aromatic rings. The van der Waals surface area contributed by atoms with Crippen LogP contribution in [0, 0.1) is 0 Å². The van der Waals surface area contributed by atoms with Crippen LogP contribution in [-0.2, 0) is 0 Å². The van der Waals surface area contributed by atoms with E-state index in [1.165, 1.54) is 0 Å². The first-order chi connectivity index (χ1) is 7.69. The molecule has 0 saturated heterocycles. The van der Waals surface area contributed by atoms with Crippen LogP contribution in [0.25, 0.3) is 5.65 Å². The molecule has 0 aliphatic rings. The Labute approximate surface area is 99.6 Å². The van der Waals surface area contributed by atoms with Gasteiger partial charge in [-0.05, 0) is 25.5 Å². The van der Waals surface area contributed by atoms with Gasteiger partial charge in [0.05, 0.1) is 5.02 Å². The normalized spacial score (nSPS) is 12.9. The van der Waals surface area contributed by atoms with E-state index in [1.54, 1.807) is 10.7 Å². The van der Waals surface area contributed by atoms with Crippen LogP contribution in [0.1, 0.15) is 26.7 Å². The molecule has 4 nitrogen and oxygen atoms in total. The van der Waals surface area contributed by atoms with Crippen molar-refractivity contribution in [1.29, 1.82) is 0 Å². The van der Waals surface area contributed by atoms with E-state index in [0.29, 0.717) is 17.0 Å². The molecule has 0 aromatic carbocycles. The van der Waals surface area contributed by atoms with Crippen LogP contribution in [0.2, 0.25) is 5.02 Å². The fraction of sp³-hybridized carbons (Fsp3) is 0.455. The van der Waals surface area contributed by atoms with Gasteiger partial charge >= 0.3 is 0 Å². The van der Waals surface area contributed by atoms with Gasteiger partial charge in [-0.15, -0.1) is 5.10 Å². The monoisotopic (exact) mass is 238 g/mol. The van der Waals surface area contributed by atoms with Crippen molar-refractivity contribution in [1.82, 2.24) is 14.6 Å². The van der Waals surface area contributed by atoms with Crippen molar-refractivity contribution in [3.63, 3.8) is 0 Å². The summed E-state index contributed by atoms with van der Waals surface area (Å²) in [5, 5.41) is 8.23. The van der Waals surface area contributed by atoms with Crippen molar-refractivity contribution >= 4 is 23.2 Å². The fourth-order valence-electron chi connectivity index (χ4n) is 1.64. The van der Waals surface area contributed by atoms with E-state index in [1.807, 2.05) is 12.1 Å². The number of nitrogens with one attached hydrogen (secondary N) is 1. The third-order valence-corrected chi connectivity index (χ3v) is 2.62. The van der Waals surface area contributed by atoms with Crippen molar-refractivity contribution in [2.24, 2.45) is 0 Å². The summed E-state index contributed by atoms with van der Waals surface area (Å²) >= 11 is 5.87. The zero-order valence-corrected chi connectivity index (χ0v) is 10.2. The van der Waals surface area contributed by atoms with E-state index in [-0.39, 0.29) is 0 Å². The zero-order valence-electron chi connectivity index (χ0n) is 9.44. The lowest BCUT2D eigenvalue weighted by Crippen LogP contribution is -2.15. The second-order valence-corrected chi connectivity index (χ2v) is 4.36. The van der Waals surface area contributed by atoms with Crippen molar-refractivity contribution in [3.8, 4) is 0 Å². The molecule has 0 amide bonds. The molecular formula is C11H15ClN4. The number of hydrogen-bond acceptors (Lipinski definition) is 3. The highest BCUT2D eigenvalue weighted by atomic mass is 35.5. The van der Waals surface area contributed by atoms with Crippen LogP contribution in [0.15, 0.2) is 18.3 Å². The number of rotatable bonds is 4. The van der Waals surface area contributed by atoms with E-state index in [4.69, 9.17) is 11.6 Å². The van der Waals surface area contributed by atoms with E-state index in [0.717, 1.165) is 18.5 Å². The van der Waals surface area contributed by atoms with E-state index in [2.05, 4.69) is 29.2 Å². The second kappa shape index (κ2) is 4.70. The molecule has 0 fully saturated rings. The maximum Gasteiger partial charge on any atom is 0.243 e. The van der Waals surface area contributed by atoms with Gasteiger partial charge in [-0.1, -0.05) is 24.9 Å². The number of anilines is 1. The summed E-state index contributed by atoms with van der Waals surface area (Å²) in [5.74, 6) is 0.656. The highest BCUT2D eigenvalue weighted by Gasteiger charge is 2.06. The Morgan fingerprint density at radius 2 is 2.31 bits per heavy atom. The third kappa shape index (κ3) is 2.44. The Morgan fingerprint density at radius 3 is 3.06 bits per heavy atom. The number of aromatic nitrogens is 3. The van der Waals surface area contributed by atoms with Gasteiger partial charge in [0, 0.05) is 12.2 Å². The summed E-state index contributed by atoms with van der Waals surface area (Å²) < 4.78 is 1.68. The molecule has 0 saturated carbocycles. The fourth-order valence-corrected chi connectivity index (χ4v) is 1.80. The minimum Gasteiger partial charge on any atom is -0.350 e. The third-order valence-electron chi connectivity index (χ3n) is 2.39. The minimum atomic E-state index is 0.387. The molecule has 2 aromatic heterocycles. The first-order valence-electron chi connectivity index (χ1n) is 5.47. The molecule has 1 unspecified atom stereocenters. The van der Waals surface area contributed by atoms with Crippen LogP contribution in [0.3, 0.4) is 0 Å². The van der Waals surface area contributed by atoms with Gasteiger partial charge in [0.2, 0.25) is 5.95 Å². The smallest absolute Gasteiger partial charge is 0.243 e. The van der Waals surface area contributed by atoms with Crippen molar-refractivity contribution < 1.29 is 0 Å². The molecule has 5 heteroatoms. The Balaban J connectivity index is 2.19. The topological polar surface area (TPSA) is 42.2 Å². The van der Waals surface area contributed by atoms with Gasteiger partial charge in [0.1, 0.15) is 0 Å². The lowest BCUT2D eigenvalue weighted by atomic mass is 10.2. The number of pyridine rings is 1. The van der Waals surface area contributed by atoms with Gasteiger partial charge in [-0.2, -0.15) is 4.98 Å². The summed E-state index contributed by atoms with van der Waals surface area (Å²) in [6, 6.07) is 4.05. The van der Waals surface area contributed by atoms with Gasteiger partial charge in [0.15, 0.2) is 5.65 Å². The summed E-state index contributed by atoms with van der Waals surface area (Å²) in [5.41, 5.74) is 0.801. The molecule has 2 heterocycles. The largest absolute Gasteiger partial charge is 0.350 e. The van der Waals surface area contributed by atoms with Crippen molar-refractivity contribution in [2.75, 3.05) is 5.32 Å². The van der Waals surface area contributed by atoms with Crippen molar-refractivity contribution in [2.45, 2.75) is 32.7 Å². The Hall–Kier alpha value is -1.29. The Bertz CT molecular complexity index is 480. The van der Waals surface area contributed by atoms with Gasteiger partial charge in [-0.25, -0.2) is 4.52 Å². The van der Waals surface area contributed by atoms with Crippen LogP contribution < -0.4 is 5.32 Å². The first kappa shape index (κ1) is 11.2. The molecule has 0 spiro atoms. The number of fused-ring (bicyclic) bond motifs is 1. The molecule has 1 atom stereocenters. The molecule has 2 rings (SSSR count). The molecular weight excluding hydrogens is 224 g/mol. The standard InChI is InChI=1S/C11H15ClN4/c1-3-4-8(2)13-11-14-10-6-5-9(12)7-16(10)15-11/h5-8H,3-4H2,1-2H3,(H,13,15). The predicted molar refractivity (Wildman–Crippen MR) is 66.0 cm³/mol. The zero-order chi connectivity index (χ0) is 11.5. The molecule has 86 valence electrons. The van der Waals surface area contributed by atoms with Crippen LogP contribution >= 0.6 is 11.6 Å². The summed E-state index contributed by atoms with van der Waals surface area (Å²) in [4.78, 5) is 4.36. The SMILES string of the molecule is CCCC(C)Nc1nc2ccc(Cl)cn2n1. The summed E-state index contributed by atoms with van der Waals surface area (Å²) in [7, 11) is 0. The van der Waals surface area contributed by atoms with E-state index in [9.17, 15) is 0 Å². The highest BCUT2D eigenvalue weighted by molar-refractivity contribution is 6.30. The van der Waals surface area contributed by atoms with E-state index >= 15 is 0 Å². The maximum absolute atomic E-state index is 5.87. The quantitative estimate of drug-likeness (QED) is 0.891. The van der Waals surface area contributed by atoms with Crippen molar-refractivity contribution in [3.05, 3.63) is 23.4 Å².